The van der Waals surface area contributed by atoms with E-state index in [1.807, 2.05) is 0 Å². The van der Waals surface area contributed by atoms with Crippen LogP contribution in [0, 0.1) is 0 Å². The van der Waals surface area contributed by atoms with Crippen molar-refractivity contribution < 1.29 is 56.7 Å². The molecule has 0 N–H and O–H groups in total. The van der Waals surface area contributed by atoms with Crippen molar-refractivity contribution in [2.24, 2.45) is 0 Å². The molecule has 0 aromatic carbocycles. The van der Waals surface area contributed by atoms with E-state index in [2.05, 4.69) is 31.9 Å². The van der Waals surface area contributed by atoms with Crippen LogP contribution in [0.2, 0.25) is 0 Å². The molecule has 1 aliphatic rings. The van der Waals surface area contributed by atoms with Crippen LogP contribution in [0.4, 0.5) is 0 Å². The van der Waals surface area contributed by atoms with Crippen LogP contribution in [-0.2, 0) is 14.9 Å². The van der Waals surface area contributed by atoms with Crippen molar-refractivity contribution in [3.63, 3.8) is 0 Å². The predicted octanol–water partition coefficient (Wildman–Crippen LogP) is -0.241. The van der Waals surface area contributed by atoms with Crippen molar-refractivity contribution >= 4 is 53.3 Å². The Morgan fingerprint density at radius 3 is 2.64 bits per heavy atom. The first-order chi connectivity index (χ1) is 9.87. The van der Waals surface area contributed by atoms with Crippen LogP contribution >= 0.6 is 43.2 Å². The molecule has 0 radical (unpaired) electrons. The maximum absolute atomic E-state index is 10.4. The fourth-order valence-electron chi connectivity index (χ4n) is 1.73. The molecular weight excluding hydrogens is 475 g/mol. The first kappa shape index (κ1) is 21.2. The average Bonchev–Trinajstić information content (AvgIpc) is 2.68. The Morgan fingerprint density at radius 1 is 1.27 bits per heavy atom. The quantitative estimate of drug-likeness (QED) is 0.300. The molecule has 0 aliphatic carbocycles. The van der Waals surface area contributed by atoms with Crippen molar-refractivity contribution in [3.8, 4) is 11.5 Å². The Hall–Kier alpha value is 1.13. The zero-order chi connectivity index (χ0) is 15.5. The summed E-state index contributed by atoms with van der Waals surface area (Å²) in [6.07, 6.45) is 0.619. The fourth-order valence-corrected chi connectivity index (χ4v) is 5.11. The molecule has 0 spiro atoms. The van der Waals surface area contributed by atoms with E-state index >= 15 is 0 Å². The van der Waals surface area contributed by atoms with Gasteiger partial charge in [0.1, 0.15) is 14.2 Å². The van der Waals surface area contributed by atoms with Gasteiger partial charge in [0, 0.05) is 12.4 Å². The van der Waals surface area contributed by atoms with Crippen molar-refractivity contribution in [3.05, 3.63) is 7.57 Å². The largest absolute Gasteiger partial charge is 1.00 e. The number of thiophene rings is 1. The number of ether oxygens (including phenoxy) is 3. The molecule has 0 bridgehead atoms. The molecule has 0 fully saturated rings. The molecular formula is C11H13Br2NaO6S2. The van der Waals surface area contributed by atoms with E-state index in [0.717, 1.165) is 7.57 Å². The Morgan fingerprint density at radius 2 is 1.95 bits per heavy atom. The smallest absolute Gasteiger partial charge is 0.748 e. The second-order valence-corrected chi connectivity index (χ2v) is 9.58. The van der Waals surface area contributed by atoms with Crippen LogP contribution in [0.3, 0.4) is 0 Å². The monoisotopic (exact) mass is 486 g/mol. The van der Waals surface area contributed by atoms with Crippen LogP contribution in [0.15, 0.2) is 7.57 Å². The minimum absolute atomic E-state index is 0. The minimum atomic E-state index is -4.13. The number of halogens is 2. The summed E-state index contributed by atoms with van der Waals surface area (Å²) in [6.45, 7) is 1.13. The van der Waals surface area contributed by atoms with E-state index < -0.39 is 10.1 Å². The molecule has 22 heavy (non-hydrogen) atoms. The normalized spacial score (nSPS) is 17.1. The van der Waals surface area contributed by atoms with Gasteiger partial charge in [-0.1, -0.05) is 0 Å². The van der Waals surface area contributed by atoms with E-state index in [1.54, 1.807) is 0 Å². The molecule has 2 rings (SSSR count). The number of fused-ring (bicyclic) bond motifs is 1. The van der Waals surface area contributed by atoms with Gasteiger partial charge in [0.05, 0.1) is 16.7 Å². The molecule has 2 heterocycles. The van der Waals surface area contributed by atoms with Crippen LogP contribution < -0.4 is 39.0 Å². The zero-order valence-electron chi connectivity index (χ0n) is 11.8. The second-order valence-electron chi connectivity index (χ2n) is 4.40. The maximum Gasteiger partial charge on any atom is 1.00 e. The molecule has 1 aromatic rings. The summed E-state index contributed by atoms with van der Waals surface area (Å²) in [5.41, 5.74) is 0. The van der Waals surface area contributed by atoms with Crippen LogP contribution in [-0.4, -0.2) is 44.6 Å². The molecule has 120 valence electrons. The van der Waals surface area contributed by atoms with Crippen LogP contribution in [0.25, 0.3) is 0 Å². The molecule has 0 saturated carbocycles. The Bertz CT molecular complexity index is 592. The SMILES string of the molecule is O=S(=O)([O-])CCCCOCC1COc2c(Br)sc(Br)c2O1.[Na+]. The number of hydrogen-bond acceptors (Lipinski definition) is 7. The summed E-state index contributed by atoms with van der Waals surface area (Å²) in [5.74, 6) is 1.02. The van der Waals surface area contributed by atoms with E-state index in [1.165, 1.54) is 11.3 Å². The molecule has 1 unspecified atom stereocenters. The molecule has 11 heteroatoms. The summed E-state index contributed by atoms with van der Waals surface area (Å²) in [4.78, 5) is 0. The first-order valence-corrected chi connectivity index (χ1v) is 10.1. The van der Waals surface area contributed by atoms with Gasteiger partial charge in [-0.05, 0) is 44.7 Å². The Balaban J connectivity index is 0.00000242. The number of unbranched alkanes of at least 4 members (excludes halogenated alkanes) is 1. The summed E-state index contributed by atoms with van der Waals surface area (Å²) in [5, 5.41) is 0. The number of hydrogen-bond donors (Lipinski definition) is 0. The average molecular weight is 488 g/mol. The molecule has 0 amide bonds. The van der Waals surface area contributed by atoms with Gasteiger partial charge in [0.25, 0.3) is 0 Å². The van der Waals surface area contributed by atoms with E-state index in [-0.39, 0.29) is 41.4 Å². The van der Waals surface area contributed by atoms with Gasteiger partial charge in [-0.15, -0.1) is 11.3 Å². The summed E-state index contributed by atoms with van der Waals surface area (Å²) >= 11 is 8.29. The van der Waals surface area contributed by atoms with Gasteiger partial charge in [-0.3, -0.25) is 0 Å². The third-order valence-corrected chi connectivity index (χ3v) is 5.89. The third-order valence-electron chi connectivity index (χ3n) is 2.68. The van der Waals surface area contributed by atoms with E-state index in [0.29, 0.717) is 44.2 Å². The molecule has 6 nitrogen and oxygen atoms in total. The zero-order valence-corrected chi connectivity index (χ0v) is 18.6. The topological polar surface area (TPSA) is 84.9 Å². The molecule has 1 aromatic heterocycles. The van der Waals surface area contributed by atoms with Gasteiger partial charge in [0.2, 0.25) is 0 Å². The van der Waals surface area contributed by atoms with Crippen molar-refractivity contribution in [1.29, 1.82) is 0 Å². The molecule has 1 aliphatic heterocycles. The van der Waals surface area contributed by atoms with Gasteiger partial charge in [0.15, 0.2) is 17.6 Å². The maximum atomic E-state index is 10.4. The number of rotatable bonds is 7. The van der Waals surface area contributed by atoms with E-state index in [4.69, 9.17) is 14.2 Å². The molecule has 1 atom stereocenters. The Labute approximate surface area is 172 Å². The second kappa shape index (κ2) is 9.57. The summed E-state index contributed by atoms with van der Waals surface area (Å²) in [6, 6.07) is 0. The standard InChI is InChI=1S/C11H14Br2O6S2.Na/c12-10-8-9(11(13)20-10)19-7(6-18-8)5-17-3-1-2-4-21(14,15)16;/h7H,1-6H2,(H,14,15,16);/q;+1/p-1. The van der Waals surface area contributed by atoms with Crippen molar-refractivity contribution in [2.45, 2.75) is 18.9 Å². The summed E-state index contributed by atoms with van der Waals surface area (Å²) in [7, 11) is -4.13. The minimum Gasteiger partial charge on any atom is -0.748 e. The van der Waals surface area contributed by atoms with Crippen molar-refractivity contribution in [2.75, 3.05) is 25.6 Å². The fraction of sp³-hybridized carbons (Fsp3) is 0.636. The van der Waals surface area contributed by atoms with Crippen LogP contribution in [0.5, 0.6) is 11.5 Å². The van der Waals surface area contributed by atoms with E-state index in [9.17, 15) is 13.0 Å². The predicted molar refractivity (Wildman–Crippen MR) is 84.2 cm³/mol. The first-order valence-electron chi connectivity index (χ1n) is 6.15. The van der Waals surface area contributed by atoms with Crippen molar-refractivity contribution in [1.82, 2.24) is 0 Å². The molecule has 0 saturated heterocycles. The third kappa shape index (κ3) is 6.56. The van der Waals surface area contributed by atoms with Gasteiger partial charge < -0.3 is 18.8 Å². The van der Waals surface area contributed by atoms with Crippen LogP contribution in [0.1, 0.15) is 12.8 Å². The Kier molecular flexibility index (Phi) is 9.21. The van der Waals surface area contributed by atoms with Gasteiger partial charge >= 0.3 is 29.6 Å². The van der Waals surface area contributed by atoms with Gasteiger partial charge in [-0.2, -0.15) is 0 Å². The van der Waals surface area contributed by atoms with Gasteiger partial charge in [-0.25, -0.2) is 8.42 Å². The summed E-state index contributed by atoms with van der Waals surface area (Å²) < 4.78 is 49.8.